The van der Waals surface area contributed by atoms with Crippen LogP contribution in [0.15, 0.2) is 18.2 Å². The van der Waals surface area contributed by atoms with E-state index in [9.17, 15) is 22.8 Å². The molecule has 0 aliphatic carbocycles. The van der Waals surface area contributed by atoms with E-state index in [1.165, 1.54) is 18.2 Å². The molecule has 0 bridgehead atoms. The summed E-state index contributed by atoms with van der Waals surface area (Å²) in [6.07, 6.45) is -4.88. The number of nitrogens with zero attached hydrogens (tertiary/aromatic N) is 1. The molecule has 0 radical (unpaired) electrons. The van der Waals surface area contributed by atoms with Crippen molar-refractivity contribution in [1.29, 1.82) is 0 Å². The molecular formula is C12H11ClF3N3O2. The average Bonchev–Trinajstić information content (AvgIpc) is 2.58. The summed E-state index contributed by atoms with van der Waals surface area (Å²) in [4.78, 5) is 24.0. The predicted molar refractivity (Wildman–Crippen MR) is 69.4 cm³/mol. The molecule has 3 N–H and O–H groups in total. The van der Waals surface area contributed by atoms with Crippen molar-refractivity contribution in [3.05, 3.63) is 28.8 Å². The van der Waals surface area contributed by atoms with Crippen LogP contribution in [-0.4, -0.2) is 28.6 Å². The molecular weight excluding hydrogens is 311 g/mol. The van der Waals surface area contributed by atoms with Crippen LogP contribution in [0.25, 0.3) is 0 Å². The summed E-state index contributed by atoms with van der Waals surface area (Å²) < 4.78 is 38.7. The van der Waals surface area contributed by atoms with Gasteiger partial charge in [-0.2, -0.15) is 13.2 Å². The zero-order valence-electron chi connectivity index (χ0n) is 10.8. The molecule has 1 aliphatic rings. The summed E-state index contributed by atoms with van der Waals surface area (Å²) in [5, 5.41) is 1.95. The second-order valence-corrected chi connectivity index (χ2v) is 5.21. The number of anilines is 1. The lowest BCUT2D eigenvalue weighted by molar-refractivity contribution is -0.191. The van der Waals surface area contributed by atoms with Crippen LogP contribution in [0, 0.1) is 0 Å². The highest BCUT2D eigenvalue weighted by Gasteiger charge is 2.64. The molecule has 21 heavy (non-hydrogen) atoms. The lowest BCUT2D eigenvalue weighted by Gasteiger charge is -2.24. The van der Waals surface area contributed by atoms with Gasteiger partial charge in [0.1, 0.15) is 0 Å². The highest BCUT2D eigenvalue weighted by molar-refractivity contribution is 6.33. The molecule has 1 saturated heterocycles. The van der Waals surface area contributed by atoms with Gasteiger partial charge in [-0.3, -0.25) is 9.69 Å². The van der Waals surface area contributed by atoms with Crippen molar-refractivity contribution < 1.29 is 22.8 Å². The molecule has 1 fully saturated rings. The summed E-state index contributed by atoms with van der Waals surface area (Å²) in [5.74, 6) is -1.35. The van der Waals surface area contributed by atoms with E-state index in [1.54, 1.807) is 5.32 Å². The number of benzene rings is 1. The molecule has 2 rings (SSSR count). The minimum Gasteiger partial charge on any atom is -0.398 e. The van der Waals surface area contributed by atoms with E-state index in [0.717, 1.165) is 0 Å². The standard InChI is InChI=1S/C12H11ClF3N3O2/c1-11(12(14,15)16)9(20)19(10(21)18-11)5-6-2-3-7(13)8(17)4-6/h2-4H,5,17H2,1H3,(H,18,21). The van der Waals surface area contributed by atoms with Crippen molar-refractivity contribution in [3.8, 4) is 0 Å². The van der Waals surface area contributed by atoms with Gasteiger partial charge in [-0.25, -0.2) is 4.79 Å². The van der Waals surface area contributed by atoms with Crippen LogP contribution in [0.3, 0.4) is 0 Å². The number of carbonyl (C=O) groups is 2. The summed E-state index contributed by atoms with van der Waals surface area (Å²) >= 11 is 5.73. The number of halogens is 4. The van der Waals surface area contributed by atoms with E-state index < -0.39 is 23.7 Å². The molecule has 9 heteroatoms. The third kappa shape index (κ3) is 2.51. The van der Waals surface area contributed by atoms with E-state index in [0.29, 0.717) is 17.4 Å². The monoisotopic (exact) mass is 321 g/mol. The summed E-state index contributed by atoms with van der Waals surface area (Å²) in [5.41, 5.74) is 3.26. The molecule has 3 amide bonds. The van der Waals surface area contributed by atoms with Crippen LogP contribution in [0.1, 0.15) is 12.5 Å². The first kappa shape index (κ1) is 15.4. The number of carbonyl (C=O) groups excluding carboxylic acids is 2. The van der Waals surface area contributed by atoms with E-state index in [-0.39, 0.29) is 17.3 Å². The third-order valence-electron chi connectivity index (χ3n) is 3.24. The molecule has 5 nitrogen and oxygen atoms in total. The van der Waals surface area contributed by atoms with Gasteiger partial charge in [0.15, 0.2) is 0 Å². The number of nitrogens with two attached hydrogens (primary N) is 1. The molecule has 1 atom stereocenters. The maximum absolute atomic E-state index is 12.9. The Morgan fingerprint density at radius 1 is 1.38 bits per heavy atom. The second-order valence-electron chi connectivity index (χ2n) is 4.80. The molecule has 0 aromatic heterocycles. The maximum Gasteiger partial charge on any atom is 0.420 e. The minimum absolute atomic E-state index is 0.208. The first-order valence-electron chi connectivity index (χ1n) is 5.81. The smallest absolute Gasteiger partial charge is 0.398 e. The molecule has 1 aromatic rings. The van der Waals surface area contributed by atoms with Crippen molar-refractivity contribution >= 4 is 29.2 Å². The first-order valence-corrected chi connectivity index (χ1v) is 6.19. The number of urea groups is 1. The number of hydrogen-bond donors (Lipinski definition) is 2. The van der Waals surface area contributed by atoms with E-state index in [4.69, 9.17) is 17.3 Å². The van der Waals surface area contributed by atoms with Crippen LogP contribution >= 0.6 is 11.6 Å². The molecule has 1 aromatic carbocycles. The first-order chi connectivity index (χ1) is 9.56. The highest BCUT2D eigenvalue weighted by Crippen LogP contribution is 2.35. The zero-order valence-corrected chi connectivity index (χ0v) is 11.5. The zero-order chi connectivity index (χ0) is 16.0. The fraction of sp³-hybridized carbons (Fsp3) is 0.333. The molecule has 1 unspecified atom stereocenters. The van der Waals surface area contributed by atoms with Crippen molar-refractivity contribution in [2.24, 2.45) is 0 Å². The minimum atomic E-state index is -4.88. The Bertz CT molecular complexity index is 620. The van der Waals surface area contributed by atoms with Crippen LogP contribution < -0.4 is 11.1 Å². The molecule has 1 heterocycles. The van der Waals surface area contributed by atoms with Crippen LogP contribution in [0.5, 0.6) is 0 Å². The van der Waals surface area contributed by atoms with Gasteiger partial charge in [0.05, 0.1) is 17.3 Å². The fourth-order valence-corrected chi connectivity index (χ4v) is 2.02. The van der Waals surface area contributed by atoms with Gasteiger partial charge >= 0.3 is 12.2 Å². The number of hydrogen-bond acceptors (Lipinski definition) is 3. The van der Waals surface area contributed by atoms with Gasteiger partial charge in [-0.1, -0.05) is 17.7 Å². The predicted octanol–water partition coefficient (Wildman–Crippen LogP) is 2.29. The van der Waals surface area contributed by atoms with Crippen molar-refractivity contribution in [2.75, 3.05) is 5.73 Å². The van der Waals surface area contributed by atoms with Gasteiger partial charge in [-0.05, 0) is 24.6 Å². The van der Waals surface area contributed by atoms with Crippen LogP contribution in [0.2, 0.25) is 5.02 Å². The van der Waals surface area contributed by atoms with E-state index in [1.807, 2.05) is 0 Å². The Hall–Kier alpha value is -1.96. The number of rotatable bonds is 2. The van der Waals surface area contributed by atoms with E-state index in [2.05, 4.69) is 0 Å². The van der Waals surface area contributed by atoms with Crippen molar-refractivity contribution in [3.63, 3.8) is 0 Å². The van der Waals surface area contributed by atoms with Crippen molar-refractivity contribution in [1.82, 2.24) is 10.2 Å². The van der Waals surface area contributed by atoms with Crippen LogP contribution in [0.4, 0.5) is 23.7 Å². The van der Waals surface area contributed by atoms with Gasteiger partial charge in [0.2, 0.25) is 5.54 Å². The number of imide groups is 1. The van der Waals surface area contributed by atoms with Gasteiger partial charge in [0, 0.05) is 0 Å². The topological polar surface area (TPSA) is 75.4 Å². The summed E-state index contributed by atoms with van der Waals surface area (Å²) in [7, 11) is 0. The van der Waals surface area contributed by atoms with Gasteiger partial charge < -0.3 is 11.1 Å². The third-order valence-corrected chi connectivity index (χ3v) is 3.59. The van der Waals surface area contributed by atoms with Crippen molar-refractivity contribution in [2.45, 2.75) is 25.2 Å². The molecule has 0 saturated carbocycles. The SMILES string of the molecule is CC1(C(F)(F)F)NC(=O)N(Cc2ccc(Cl)c(N)c2)C1=O. The van der Waals surface area contributed by atoms with E-state index >= 15 is 0 Å². The number of amides is 3. The summed E-state index contributed by atoms with van der Waals surface area (Å²) in [6.45, 7) is 0.307. The highest BCUT2D eigenvalue weighted by atomic mass is 35.5. The van der Waals surface area contributed by atoms with Crippen LogP contribution in [-0.2, 0) is 11.3 Å². The molecule has 0 spiro atoms. The Morgan fingerprint density at radius 3 is 2.48 bits per heavy atom. The van der Waals surface area contributed by atoms with Gasteiger partial charge in [0.25, 0.3) is 5.91 Å². The molecule has 114 valence electrons. The quantitative estimate of drug-likeness (QED) is 0.648. The average molecular weight is 322 g/mol. The lowest BCUT2D eigenvalue weighted by Crippen LogP contribution is -2.56. The largest absolute Gasteiger partial charge is 0.420 e. The summed E-state index contributed by atoms with van der Waals surface area (Å²) in [6, 6.07) is 3.20. The Balaban J connectivity index is 2.27. The number of alkyl halides is 3. The maximum atomic E-state index is 12.9. The second kappa shape index (κ2) is 4.80. The number of nitrogen functional groups attached to an aromatic ring is 1. The fourth-order valence-electron chi connectivity index (χ4n) is 1.91. The Morgan fingerprint density at radius 2 is 2.00 bits per heavy atom. The Kier molecular flexibility index (Phi) is 3.53. The Labute approximate surface area is 122 Å². The molecule has 1 aliphatic heterocycles. The van der Waals surface area contributed by atoms with Gasteiger partial charge in [-0.15, -0.1) is 0 Å². The lowest BCUT2D eigenvalue weighted by atomic mass is 10.0. The normalized spacial score (nSPS) is 22.6. The number of nitrogens with one attached hydrogen (secondary N) is 1.